The molecule has 0 aromatic carbocycles. The summed E-state index contributed by atoms with van der Waals surface area (Å²) in [6, 6.07) is 0. The van der Waals surface area contributed by atoms with Gasteiger partial charge in [-0.3, -0.25) is 0 Å². The predicted molar refractivity (Wildman–Crippen MR) is 115 cm³/mol. The van der Waals surface area contributed by atoms with Crippen LogP contribution in [0.15, 0.2) is 0 Å². The fourth-order valence-corrected chi connectivity index (χ4v) is 3.10. The summed E-state index contributed by atoms with van der Waals surface area (Å²) in [6.07, 6.45) is 9.07. The van der Waals surface area contributed by atoms with Gasteiger partial charge in [0.05, 0.1) is 0 Å². The Labute approximate surface area is 160 Å². The van der Waals surface area contributed by atoms with Crippen molar-refractivity contribution in [2.75, 3.05) is 13.1 Å². The second kappa shape index (κ2) is 10.3. The van der Waals surface area contributed by atoms with Crippen LogP contribution in [0.25, 0.3) is 0 Å². The molecule has 2 N–H and O–H groups in total. The summed E-state index contributed by atoms with van der Waals surface area (Å²) in [6.45, 7) is 25.6. The molecule has 152 valence electrons. The highest BCUT2D eigenvalue weighted by Gasteiger charge is 2.24. The van der Waals surface area contributed by atoms with Gasteiger partial charge < -0.3 is 10.6 Å². The number of nitrogens with one attached hydrogen (secondary N) is 2. The van der Waals surface area contributed by atoms with Crippen LogP contribution in [0.2, 0.25) is 0 Å². The molecule has 0 fully saturated rings. The Hall–Kier alpha value is -0.0800. The standard InChI is InChI=1S/C23H50N2/c1-20(2,3)14-11-12-18-25-23(9,10)17-16-22(7,8)15-13-19-24-21(4,5)6/h24-25H,11-19H2,1-10H3. The van der Waals surface area contributed by atoms with Crippen LogP contribution in [0.5, 0.6) is 0 Å². The number of hydrogen-bond donors (Lipinski definition) is 2. The van der Waals surface area contributed by atoms with Crippen molar-refractivity contribution in [1.82, 2.24) is 10.6 Å². The van der Waals surface area contributed by atoms with Crippen molar-refractivity contribution in [3.05, 3.63) is 0 Å². The molecule has 0 spiro atoms. The monoisotopic (exact) mass is 354 g/mol. The summed E-state index contributed by atoms with van der Waals surface area (Å²) in [5, 5.41) is 7.40. The number of unbranched alkanes of at least 4 members (excludes halogenated alkanes) is 1. The lowest BCUT2D eigenvalue weighted by Gasteiger charge is -2.33. The first-order valence-electron chi connectivity index (χ1n) is 10.6. The molecular formula is C23H50N2. The van der Waals surface area contributed by atoms with Crippen LogP contribution in [0, 0.1) is 10.8 Å². The fraction of sp³-hybridized carbons (Fsp3) is 1.00. The lowest BCUT2D eigenvalue weighted by molar-refractivity contribution is 0.237. The molecule has 0 aliphatic carbocycles. The van der Waals surface area contributed by atoms with Crippen LogP contribution in [0.1, 0.15) is 114 Å². The summed E-state index contributed by atoms with van der Waals surface area (Å²) in [5.74, 6) is 0. The van der Waals surface area contributed by atoms with Gasteiger partial charge in [-0.25, -0.2) is 0 Å². The van der Waals surface area contributed by atoms with Gasteiger partial charge in [0.25, 0.3) is 0 Å². The van der Waals surface area contributed by atoms with Gasteiger partial charge in [-0.2, -0.15) is 0 Å². The van der Waals surface area contributed by atoms with Gasteiger partial charge in [0.15, 0.2) is 0 Å². The van der Waals surface area contributed by atoms with Gasteiger partial charge in [-0.05, 0) is 97.1 Å². The van der Waals surface area contributed by atoms with Crippen LogP contribution in [0.3, 0.4) is 0 Å². The molecule has 0 aliphatic heterocycles. The normalized spacial score (nSPS) is 14.2. The lowest BCUT2D eigenvalue weighted by atomic mass is 9.79. The van der Waals surface area contributed by atoms with E-state index in [0.717, 1.165) is 13.1 Å². The topological polar surface area (TPSA) is 24.1 Å². The van der Waals surface area contributed by atoms with E-state index in [2.05, 4.69) is 79.9 Å². The Morgan fingerprint density at radius 3 is 1.60 bits per heavy atom. The zero-order chi connectivity index (χ0) is 19.8. The average molecular weight is 355 g/mol. The van der Waals surface area contributed by atoms with Crippen LogP contribution >= 0.6 is 0 Å². The van der Waals surface area contributed by atoms with Crippen molar-refractivity contribution in [3.8, 4) is 0 Å². The fourth-order valence-electron chi connectivity index (χ4n) is 3.10. The van der Waals surface area contributed by atoms with Gasteiger partial charge in [-0.15, -0.1) is 0 Å². The number of rotatable bonds is 12. The SMILES string of the molecule is CC(C)(C)CCCCNC(C)(C)CCC(C)(C)CCCNC(C)(C)C. The first-order chi connectivity index (χ1) is 11.1. The maximum Gasteiger partial charge on any atom is 0.0125 e. The zero-order valence-corrected chi connectivity index (χ0v) is 19.4. The molecule has 0 saturated heterocycles. The summed E-state index contributed by atoms with van der Waals surface area (Å²) in [5.41, 5.74) is 1.40. The van der Waals surface area contributed by atoms with E-state index in [9.17, 15) is 0 Å². The third kappa shape index (κ3) is 17.1. The van der Waals surface area contributed by atoms with E-state index >= 15 is 0 Å². The van der Waals surface area contributed by atoms with Crippen molar-refractivity contribution in [2.24, 2.45) is 10.8 Å². The Kier molecular flexibility index (Phi) is 10.3. The van der Waals surface area contributed by atoms with Gasteiger partial charge in [0.1, 0.15) is 0 Å². The molecule has 25 heavy (non-hydrogen) atoms. The van der Waals surface area contributed by atoms with Crippen molar-refractivity contribution >= 4 is 0 Å². The highest BCUT2D eigenvalue weighted by atomic mass is 14.9. The second-order valence-corrected chi connectivity index (χ2v) is 11.8. The van der Waals surface area contributed by atoms with Crippen molar-refractivity contribution in [1.29, 1.82) is 0 Å². The Bertz CT molecular complexity index is 342. The van der Waals surface area contributed by atoms with Crippen molar-refractivity contribution in [3.63, 3.8) is 0 Å². The quantitative estimate of drug-likeness (QED) is 0.388. The molecule has 0 saturated carbocycles. The molecule has 0 heterocycles. The molecule has 2 nitrogen and oxygen atoms in total. The highest BCUT2D eigenvalue weighted by Crippen LogP contribution is 2.31. The molecule has 0 rings (SSSR count). The molecular weight excluding hydrogens is 304 g/mol. The van der Waals surface area contributed by atoms with E-state index in [1.54, 1.807) is 0 Å². The molecule has 0 amide bonds. The molecule has 0 aromatic heterocycles. The third-order valence-corrected chi connectivity index (χ3v) is 5.07. The van der Waals surface area contributed by atoms with Gasteiger partial charge >= 0.3 is 0 Å². The Balaban J connectivity index is 3.96. The van der Waals surface area contributed by atoms with E-state index in [4.69, 9.17) is 0 Å². The van der Waals surface area contributed by atoms with Crippen LogP contribution < -0.4 is 10.6 Å². The van der Waals surface area contributed by atoms with Crippen molar-refractivity contribution < 1.29 is 0 Å². The summed E-state index contributed by atoms with van der Waals surface area (Å²) in [4.78, 5) is 0. The van der Waals surface area contributed by atoms with E-state index in [0.29, 0.717) is 10.8 Å². The van der Waals surface area contributed by atoms with Crippen LogP contribution in [0.4, 0.5) is 0 Å². The number of hydrogen-bond acceptors (Lipinski definition) is 2. The molecule has 0 atom stereocenters. The molecule has 2 heteroatoms. The van der Waals surface area contributed by atoms with E-state index in [1.807, 2.05) is 0 Å². The van der Waals surface area contributed by atoms with Crippen molar-refractivity contribution in [2.45, 2.75) is 125 Å². The maximum absolute atomic E-state index is 3.79. The van der Waals surface area contributed by atoms with E-state index in [1.165, 1.54) is 44.9 Å². The van der Waals surface area contributed by atoms with Gasteiger partial charge in [0.2, 0.25) is 0 Å². The largest absolute Gasteiger partial charge is 0.312 e. The summed E-state index contributed by atoms with van der Waals surface area (Å²) < 4.78 is 0. The van der Waals surface area contributed by atoms with Gasteiger partial charge in [0, 0.05) is 11.1 Å². The molecule has 0 aromatic rings. The second-order valence-electron chi connectivity index (χ2n) is 11.8. The smallest absolute Gasteiger partial charge is 0.0125 e. The average Bonchev–Trinajstić information content (AvgIpc) is 2.39. The Morgan fingerprint density at radius 1 is 0.520 bits per heavy atom. The molecule has 0 bridgehead atoms. The maximum atomic E-state index is 3.79. The van der Waals surface area contributed by atoms with Gasteiger partial charge in [-0.1, -0.05) is 41.0 Å². The molecule has 0 unspecified atom stereocenters. The Morgan fingerprint density at radius 2 is 1.08 bits per heavy atom. The van der Waals surface area contributed by atoms with Crippen LogP contribution in [-0.4, -0.2) is 24.2 Å². The minimum atomic E-state index is 0.239. The van der Waals surface area contributed by atoms with Crippen LogP contribution in [-0.2, 0) is 0 Å². The lowest BCUT2D eigenvalue weighted by Crippen LogP contribution is -2.40. The highest BCUT2D eigenvalue weighted by molar-refractivity contribution is 4.82. The first-order valence-corrected chi connectivity index (χ1v) is 10.6. The molecule has 0 radical (unpaired) electrons. The van der Waals surface area contributed by atoms with E-state index < -0.39 is 0 Å². The summed E-state index contributed by atoms with van der Waals surface area (Å²) in [7, 11) is 0. The summed E-state index contributed by atoms with van der Waals surface area (Å²) >= 11 is 0. The van der Waals surface area contributed by atoms with E-state index in [-0.39, 0.29) is 11.1 Å². The molecule has 0 aliphatic rings. The zero-order valence-electron chi connectivity index (χ0n) is 19.4. The minimum Gasteiger partial charge on any atom is -0.312 e. The third-order valence-electron chi connectivity index (χ3n) is 5.07. The first kappa shape index (κ1) is 24.9. The predicted octanol–water partition coefficient (Wildman–Crippen LogP) is 6.55. The minimum absolute atomic E-state index is 0.239.